The van der Waals surface area contributed by atoms with E-state index in [1.807, 2.05) is 0 Å². The molecule has 3 aromatic carbocycles. The minimum absolute atomic E-state index is 0.00395. The fourth-order valence-corrected chi connectivity index (χ4v) is 4.94. The average Bonchev–Trinajstić information content (AvgIpc) is 3.04. The molecule has 0 aliphatic heterocycles. The second-order valence-corrected chi connectivity index (χ2v) is 11.3. The van der Waals surface area contributed by atoms with E-state index in [-0.39, 0.29) is 68.9 Å². The number of carbonyl (C=O) groups excluding carboxylic acids is 1. The summed E-state index contributed by atoms with van der Waals surface area (Å²) < 4.78 is 72.1. The second-order valence-electron chi connectivity index (χ2n) is 11.3. The summed E-state index contributed by atoms with van der Waals surface area (Å²) in [4.78, 5) is 49.2. The third-order valence-electron chi connectivity index (χ3n) is 7.39. The molecule has 0 saturated carbocycles. The largest absolute Gasteiger partial charge is 0.508 e. The number of phenols is 2. The Hall–Kier alpha value is -5.29. The number of aryl methyl sites for hydroxylation is 2. The molecule has 3 rings (SSSR count). The van der Waals surface area contributed by atoms with Crippen molar-refractivity contribution in [1.82, 2.24) is 9.80 Å². The maximum Gasteiger partial charge on any atom is 0.317 e. The Labute approximate surface area is 281 Å². The molecular formula is C33H33F5N2O10. The first-order chi connectivity index (χ1) is 23.5. The molecule has 0 amide bonds. The van der Waals surface area contributed by atoms with E-state index in [9.17, 15) is 61.6 Å². The summed E-state index contributed by atoms with van der Waals surface area (Å²) in [5, 5.41) is 48.7. The van der Waals surface area contributed by atoms with Crippen LogP contribution in [0.5, 0.6) is 17.2 Å². The Morgan fingerprint density at radius 3 is 1.48 bits per heavy atom. The van der Waals surface area contributed by atoms with Gasteiger partial charge in [0.1, 0.15) is 11.5 Å². The van der Waals surface area contributed by atoms with Crippen molar-refractivity contribution in [3.8, 4) is 17.2 Å². The Morgan fingerprint density at radius 1 is 0.600 bits per heavy atom. The number of carboxylic acids is 3. The standard InChI is InChI=1S/C33H33F5N2O10/c34-28-29(35)31(37)33(32(38)30(28)36)50-27(49)3-1-2-18-4-7-22(41)20(12-18)14-39(16-25(45)46)10-11-40(17-26(47)48)15-21-13-19(5-8-23(21)42)6-9-24(43)44/h4-5,7-8,12-13,41-42H,1-3,6,9-11,14-17H2,(H,43,44)(H,45,46)(H,47,48). The Bertz CT molecular complexity index is 1710. The number of ether oxygens (including phenoxy) is 1. The van der Waals surface area contributed by atoms with E-state index >= 15 is 0 Å². The zero-order chi connectivity index (χ0) is 37.1. The summed E-state index contributed by atoms with van der Waals surface area (Å²) in [7, 11) is 0. The van der Waals surface area contributed by atoms with Gasteiger partial charge < -0.3 is 30.3 Å². The molecule has 0 spiro atoms. The SMILES string of the molecule is O=C(O)CCc1ccc(O)c(CN(CCN(CC(=O)O)Cc2cc(CCCC(=O)Oc3c(F)c(F)c(F)c(F)c3F)ccc2O)CC(=O)O)c1. The molecule has 270 valence electrons. The van der Waals surface area contributed by atoms with Gasteiger partial charge in [-0.1, -0.05) is 24.3 Å². The van der Waals surface area contributed by atoms with Crippen molar-refractivity contribution in [2.24, 2.45) is 0 Å². The number of phenolic OH excluding ortho intramolecular Hbond substituents is 2. The van der Waals surface area contributed by atoms with Gasteiger partial charge in [0.2, 0.25) is 34.8 Å². The third kappa shape index (κ3) is 11.4. The molecule has 12 nitrogen and oxygen atoms in total. The van der Waals surface area contributed by atoms with E-state index in [1.165, 1.54) is 34.1 Å². The van der Waals surface area contributed by atoms with Gasteiger partial charge in [-0.05, 0) is 42.5 Å². The molecule has 0 bridgehead atoms. The van der Waals surface area contributed by atoms with Crippen molar-refractivity contribution in [2.75, 3.05) is 26.2 Å². The van der Waals surface area contributed by atoms with Crippen LogP contribution in [0.15, 0.2) is 36.4 Å². The number of carbonyl (C=O) groups is 4. The third-order valence-corrected chi connectivity index (χ3v) is 7.39. The van der Waals surface area contributed by atoms with Crippen molar-refractivity contribution < 1.29 is 71.4 Å². The zero-order valence-corrected chi connectivity index (χ0v) is 26.3. The van der Waals surface area contributed by atoms with Crippen molar-refractivity contribution >= 4 is 23.9 Å². The maximum absolute atomic E-state index is 13.8. The summed E-state index contributed by atoms with van der Waals surface area (Å²) in [5.41, 5.74) is 1.74. The monoisotopic (exact) mass is 712 g/mol. The number of nitrogens with zero attached hydrogens (tertiary/aromatic N) is 2. The molecule has 0 radical (unpaired) electrons. The predicted octanol–water partition coefficient (Wildman–Crippen LogP) is 4.21. The van der Waals surface area contributed by atoms with Crippen LogP contribution in [-0.4, -0.2) is 85.4 Å². The molecular weight excluding hydrogens is 679 g/mol. The lowest BCUT2D eigenvalue weighted by molar-refractivity contribution is -0.140. The van der Waals surface area contributed by atoms with Gasteiger partial charge in [-0.2, -0.15) is 8.78 Å². The maximum atomic E-state index is 13.8. The normalized spacial score (nSPS) is 11.3. The summed E-state index contributed by atoms with van der Waals surface area (Å²) >= 11 is 0. The number of esters is 1. The molecule has 5 N–H and O–H groups in total. The number of aliphatic carboxylic acids is 3. The number of hydrogen-bond donors (Lipinski definition) is 5. The first-order valence-corrected chi connectivity index (χ1v) is 15.0. The lowest BCUT2D eigenvalue weighted by atomic mass is 10.0. The molecule has 0 unspecified atom stereocenters. The van der Waals surface area contributed by atoms with Gasteiger partial charge >= 0.3 is 23.9 Å². The van der Waals surface area contributed by atoms with Gasteiger partial charge in [-0.25, -0.2) is 13.2 Å². The van der Waals surface area contributed by atoms with Crippen molar-refractivity contribution in [3.63, 3.8) is 0 Å². The van der Waals surface area contributed by atoms with Crippen molar-refractivity contribution in [2.45, 2.75) is 45.2 Å². The van der Waals surface area contributed by atoms with Gasteiger partial charge in [-0.3, -0.25) is 29.0 Å². The van der Waals surface area contributed by atoms with Crippen LogP contribution in [0, 0.1) is 29.1 Å². The van der Waals surface area contributed by atoms with Gasteiger partial charge in [0.05, 0.1) is 13.1 Å². The second kappa shape index (κ2) is 17.9. The Kier molecular flexibility index (Phi) is 14.0. The molecule has 0 fully saturated rings. The Morgan fingerprint density at radius 2 is 1.04 bits per heavy atom. The predicted molar refractivity (Wildman–Crippen MR) is 163 cm³/mol. The molecule has 17 heteroatoms. The lowest BCUT2D eigenvalue weighted by Crippen LogP contribution is -2.39. The first-order valence-electron chi connectivity index (χ1n) is 15.0. The number of rotatable bonds is 19. The zero-order valence-electron chi connectivity index (χ0n) is 26.3. The number of hydrogen-bond acceptors (Lipinski definition) is 9. The highest BCUT2D eigenvalue weighted by atomic mass is 19.2. The van der Waals surface area contributed by atoms with Crippen LogP contribution in [0.1, 0.15) is 41.5 Å². The number of carboxylic acid groups (broad SMARTS) is 3. The van der Waals surface area contributed by atoms with Crippen LogP contribution < -0.4 is 4.74 Å². The molecule has 0 aliphatic rings. The smallest absolute Gasteiger partial charge is 0.317 e. The van der Waals surface area contributed by atoms with E-state index in [0.717, 1.165) is 0 Å². The highest BCUT2D eigenvalue weighted by molar-refractivity contribution is 5.72. The van der Waals surface area contributed by atoms with E-state index in [0.29, 0.717) is 16.7 Å². The summed E-state index contributed by atoms with van der Waals surface area (Å²) in [5.74, 6) is -18.3. The molecule has 0 saturated heterocycles. The molecule has 3 aromatic rings. The van der Waals surface area contributed by atoms with Crippen LogP contribution in [0.4, 0.5) is 22.0 Å². The van der Waals surface area contributed by atoms with Crippen LogP contribution in [0.3, 0.4) is 0 Å². The molecule has 0 atom stereocenters. The first kappa shape index (κ1) is 39.2. The topological polar surface area (TPSA) is 185 Å². The van der Waals surface area contributed by atoms with Gasteiger partial charge in [-0.15, -0.1) is 0 Å². The van der Waals surface area contributed by atoms with Crippen molar-refractivity contribution in [3.05, 3.63) is 87.7 Å². The summed E-state index contributed by atoms with van der Waals surface area (Å²) in [6.07, 6.45) is -0.346. The van der Waals surface area contributed by atoms with Gasteiger partial charge in [0.15, 0.2) is 0 Å². The highest BCUT2D eigenvalue weighted by Crippen LogP contribution is 2.30. The average molecular weight is 713 g/mol. The van der Waals surface area contributed by atoms with E-state index in [2.05, 4.69) is 4.74 Å². The van der Waals surface area contributed by atoms with Crippen molar-refractivity contribution in [1.29, 1.82) is 0 Å². The van der Waals surface area contributed by atoms with Gasteiger partial charge in [0.25, 0.3) is 0 Å². The summed E-state index contributed by atoms with van der Waals surface area (Å²) in [6.45, 7) is -1.17. The van der Waals surface area contributed by atoms with Crippen LogP contribution in [-0.2, 0) is 45.1 Å². The van der Waals surface area contributed by atoms with Crippen LogP contribution >= 0.6 is 0 Å². The lowest BCUT2D eigenvalue weighted by Gasteiger charge is -2.26. The minimum atomic E-state index is -2.40. The quantitative estimate of drug-likeness (QED) is 0.0393. The Balaban J connectivity index is 1.66. The van der Waals surface area contributed by atoms with Gasteiger partial charge in [0, 0.05) is 50.1 Å². The van der Waals surface area contributed by atoms with E-state index in [4.69, 9.17) is 5.11 Å². The highest BCUT2D eigenvalue weighted by Gasteiger charge is 2.28. The van der Waals surface area contributed by atoms with Crippen LogP contribution in [0.2, 0.25) is 0 Å². The number of halogens is 5. The summed E-state index contributed by atoms with van der Waals surface area (Å²) in [6, 6.07) is 8.79. The molecule has 0 aliphatic carbocycles. The molecule has 0 heterocycles. The number of aromatic hydroxyl groups is 2. The molecule has 0 aromatic heterocycles. The van der Waals surface area contributed by atoms with Crippen LogP contribution in [0.25, 0.3) is 0 Å². The number of benzene rings is 3. The molecule has 50 heavy (non-hydrogen) atoms. The van der Waals surface area contributed by atoms with E-state index in [1.54, 1.807) is 12.1 Å². The fraction of sp³-hybridized carbons (Fsp3) is 0.333. The minimum Gasteiger partial charge on any atom is -0.508 e. The fourth-order valence-electron chi connectivity index (χ4n) is 4.94. The van der Waals surface area contributed by atoms with E-state index < -0.39 is 78.2 Å².